The number of hydrogen-bond donors (Lipinski definition) is 0. The van der Waals surface area contributed by atoms with Gasteiger partial charge in [-0.05, 0) is 0 Å². The summed E-state index contributed by atoms with van der Waals surface area (Å²) in [6.45, 7) is 0. The Kier molecular flexibility index (Phi) is 2.93. The monoisotopic (exact) mass is 230 g/mol. The zero-order valence-corrected chi connectivity index (χ0v) is 7.79. The fourth-order valence-electron chi connectivity index (χ4n) is 1.02. The van der Waals surface area contributed by atoms with Crippen molar-refractivity contribution in [2.24, 2.45) is 0 Å². The van der Waals surface area contributed by atoms with Gasteiger partial charge in [0, 0.05) is 11.0 Å². The largest absolute Gasteiger partial charge is 0.388 e. The number of halogens is 1. The maximum atomic E-state index is 10.5. The summed E-state index contributed by atoms with van der Waals surface area (Å²) in [6, 6.07) is -1.60. The zero-order chi connectivity index (χ0) is 11.6. The third-order valence-corrected chi connectivity index (χ3v) is 1.98. The first kappa shape index (κ1) is 11.0. The van der Waals surface area contributed by atoms with Gasteiger partial charge in [0.1, 0.15) is 5.03 Å². The Morgan fingerprint density at radius 3 is 2.47 bits per heavy atom. The molecule has 0 amide bonds. The maximum absolute atomic E-state index is 10.5. The van der Waals surface area contributed by atoms with Crippen LogP contribution >= 0.6 is 11.6 Å². The summed E-state index contributed by atoms with van der Waals surface area (Å²) in [4.78, 5) is 21.9. The Labute approximate surface area is 87.4 Å². The molecule has 1 atom stereocenters. The minimum absolute atomic E-state index is 0.326. The van der Waals surface area contributed by atoms with Gasteiger partial charge in [-0.2, -0.15) is 4.79 Å². The van der Waals surface area contributed by atoms with Crippen molar-refractivity contribution in [2.45, 2.75) is 6.04 Å². The van der Waals surface area contributed by atoms with Crippen molar-refractivity contribution in [3.63, 3.8) is 0 Å². The minimum Gasteiger partial charge on any atom is -0.361 e. The molecule has 0 bridgehead atoms. The Balaban J connectivity index is 3.28. The van der Waals surface area contributed by atoms with Gasteiger partial charge in [-0.3, -0.25) is 20.2 Å². The van der Waals surface area contributed by atoms with Crippen molar-refractivity contribution in [3.8, 4) is 0 Å². The molecule has 0 saturated heterocycles. The lowest BCUT2D eigenvalue weighted by Crippen LogP contribution is -2.32. The van der Waals surface area contributed by atoms with Gasteiger partial charge in [0.25, 0.3) is 5.70 Å². The fraction of sp³-hybridized carbons (Fsp3) is 0.167. The van der Waals surface area contributed by atoms with Crippen molar-refractivity contribution < 1.29 is 14.6 Å². The van der Waals surface area contributed by atoms with Crippen LogP contribution in [-0.4, -0.2) is 26.4 Å². The van der Waals surface area contributed by atoms with Gasteiger partial charge in [0.2, 0.25) is 0 Å². The molecule has 0 N–H and O–H groups in total. The molecule has 0 aromatic carbocycles. The van der Waals surface area contributed by atoms with E-state index in [0.717, 1.165) is 12.2 Å². The van der Waals surface area contributed by atoms with Crippen LogP contribution in [0.25, 0.3) is 5.53 Å². The van der Waals surface area contributed by atoms with Crippen LogP contribution in [0, 0.1) is 20.2 Å². The van der Waals surface area contributed by atoms with E-state index in [1.54, 1.807) is 0 Å². The SMILES string of the molecule is [N-]=[N+]=C1C(Cl)=CC([N+](=O)[O-])=CC1[N+](=O)[O-]. The molecule has 8 nitrogen and oxygen atoms in total. The van der Waals surface area contributed by atoms with E-state index in [0.29, 0.717) is 0 Å². The van der Waals surface area contributed by atoms with Crippen molar-refractivity contribution in [1.82, 2.24) is 0 Å². The molecule has 1 rings (SSSR count). The summed E-state index contributed by atoms with van der Waals surface area (Å²) >= 11 is 5.48. The van der Waals surface area contributed by atoms with Crippen LogP contribution in [0.2, 0.25) is 0 Å². The number of nitro groups is 2. The average molecular weight is 231 g/mol. The van der Waals surface area contributed by atoms with Crippen LogP contribution < -0.4 is 0 Å². The molecule has 0 heterocycles. The molecule has 1 aliphatic carbocycles. The van der Waals surface area contributed by atoms with E-state index >= 15 is 0 Å². The quantitative estimate of drug-likeness (QED) is 0.298. The van der Waals surface area contributed by atoms with Crippen LogP contribution in [-0.2, 0) is 0 Å². The van der Waals surface area contributed by atoms with E-state index < -0.39 is 27.3 Å². The second kappa shape index (κ2) is 3.99. The molecular weight excluding hydrogens is 228 g/mol. The van der Waals surface area contributed by atoms with E-state index in [9.17, 15) is 20.2 Å². The highest BCUT2D eigenvalue weighted by Crippen LogP contribution is 2.19. The van der Waals surface area contributed by atoms with Crippen molar-refractivity contribution in [1.29, 1.82) is 0 Å². The summed E-state index contributed by atoms with van der Waals surface area (Å²) < 4.78 is 0. The van der Waals surface area contributed by atoms with Crippen LogP contribution in [0.5, 0.6) is 0 Å². The summed E-state index contributed by atoms with van der Waals surface area (Å²) in [7, 11) is 0. The molecule has 0 aromatic heterocycles. The van der Waals surface area contributed by atoms with Gasteiger partial charge in [-0.1, -0.05) is 11.6 Å². The van der Waals surface area contributed by atoms with E-state index in [1.807, 2.05) is 0 Å². The molecule has 0 spiro atoms. The highest BCUT2D eigenvalue weighted by atomic mass is 35.5. The smallest absolute Gasteiger partial charge is 0.361 e. The normalized spacial score (nSPS) is 20.1. The van der Waals surface area contributed by atoms with Crippen LogP contribution in [0.1, 0.15) is 0 Å². The summed E-state index contributed by atoms with van der Waals surface area (Å²) in [6.07, 6.45) is 1.64. The van der Waals surface area contributed by atoms with Crippen LogP contribution in [0.4, 0.5) is 0 Å². The first-order valence-corrected chi connectivity index (χ1v) is 3.94. The topological polar surface area (TPSA) is 123 Å². The summed E-state index contributed by atoms with van der Waals surface area (Å²) in [5.41, 5.74) is 7.54. The number of allylic oxidation sites excluding steroid dienone is 1. The third kappa shape index (κ3) is 2.06. The van der Waals surface area contributed by atoms with Gasteiger partial charge in [0.05, 0.1) is 11.0 Å². The van der Waals surface area contributed by atoms with E-state index in [2.05, 4.69) is 4.79 Å². The Hall–Kier alpha value is -2.05. The summed E-state index contributed by atoms with van der Waals surface area (Å²) in [5.74, 6) is 0. The Morgan fingerprint density at radius 1 is 1.47 bits per heavy atom. The van der Waals surface area contributed by atoms with E-state index in [4.69, 9.17) is 17.1 Å². The minimum atomic E-state index is -1.60. The maximum Gasteiger partial charge on any atom is 0.388 e. The van der Waals surface area contributed by atoms with E-state index in [-0.39, 0.29) is 5.03 Å². The first-order chi connectivity index (χ1) is 6.97. The standard InChI is InChI=1S/C6H3ClN4O4/c7-4-1-3(10(12)13)2-5(11(14)15)6(4)9-8/h1-2,5H. The van der Waals surface area contributed by atoms with Gasteiger partial charge in [-0.25, -0.2) is 0 Å². The number of nitrogens with zero attached hydrogens (tertiary/aromatic N) is 4. The molecule has 1 aliphatic rings. The molecule has 0 radical (unpaired) electrons. The molecule has 9 heteroatoms. The van der Waals surface area contributed by atoms with Gasteiger partial charge in [0.15, 0.2) is 0 Å². The van der Waals surface area contributed by atoms with Gasteiger partial charge < -0.3 is 5.53 Å². The third-order valence-electron chi connectivity index (χ3n) is 1.67. The second-order valence-corrected chi connectivity index (χ2v) is 2.96. The first-order valence-electron chi connectivity index (χ1n) is 3.56. The molecule has 15 heavy (non-hydrogen) atoms. The lowest BCUT2D eigenvalue weighted by atomic mass is 10.1. The Bertz CT molecular complexity index is 448. The highest BCUT2D eigenvalue weighted by molar-refractivity contribution is 6.43. The fourth-order valence-corrected chi connectivity index (χ4v) is 1.28. The van der Waals surface area contributed by atoms with Crippen molar-refractivity contribution >= 4 is 17.3 Å². The lowest BCUT2D eigenvalue weighted by molar-refractivity contribution is -0.496. The van der Waals surface area contributed by atoms with E-state index in [1.165, 1.54) is 0 Å². The van der Waals surface area contributed by atoms with Gasteiger partial charge in [-0.15, -0.1) is 0 Å². The molecule has 1 unspecified atom stereocenters. The van der Waals surface area contributed by atoms with Crippen molar-refractivity contribution in [3.05, 3.63) is 48.6 Å². The summed E-state index contributed by atoms with van der Waals surface area (Å²) in [5, 5.41) is 20.5. The van der Waals surface area contributed by atoms with Crippen LogP contribution in [0.3, 0.4) is 0 Å². The molecule has 0 saturated carbocycles. The second-order valence-electron chi connectivity index (χ2n) is 2.56. The zero-order valence-electron chi connectivity index (χ0n) is 7.03. The van der Waals surface area contributed by atoms with Gasteiger partial charge >= 0.3 is 11.8 Å². The Morgan fingerprint density at radius 2 is 2.07 bits per heavy atom. The molecule has 0 aliphatic heterocycles. The molecule has 0 aromatic rings. The molecule has 78 valence electrons. The highest BCUT2D eigenvalue weighted by Gasteiger charge is 2.41. The lowest BCUT2D eigenvalue weighted by Gasteiger charge is -2.03. The number of rotatable bonds is 2. The predicted molar refractivity (Wildman–Crippen MR) is 48.4 cm³/mol. The molecule has 0 fully saturated rings. The van der Waals surface area contributed by atoms with Crippen molar-refractivity contribution in [2.75, 3.05) is 0 Å². The average Bonchev–Trinajstić information content (AvgIpc) is 2.16. The van der Waals surface area contributed by atoms with Crippen LogP contribution in [0.15, 0.2) is 22.9 Å². The predicted octanol–water partition coefficient (Wildman–Crippen LogP) is 0.599. The molecular formula is C6H3ClN4O4. The number of hydrogen-bond acceptors (Lipinski definition) is 4.